The van der Waals surface area contributed by atoms with Gasteiger partial charge in [0.15, 0.2) is 0 Å². The zero-order chi connectivity index (χ0) is 12.5. The summed E-state index contributed by atoms with van der Waals surface area (Å²) < 4.78 is 0. The van der Waals surface area contributed by atoms with Crippen molar-refractivity contribution in [2.75, 3.05) is 12.0 Å². The Morgan fingerprint density at radius 2 is 1.88 bits per heavy atom. The van der Waals surface area contributed by atoms with Crippen LogP contribution in [0.1, 0.15) is 43.0 Å². The fourth-order valence-corrected chi connectivity index (χ4v) is 1.57. The lowest BCUT2D eigenvalue weighted by molar-refractivity contribution is 0.0953. The average Bonchev–Trinajstić information content (AvgIpc) is 2.38. The van der Waals surface area contributed by atoms with Crippen molar-refractivity contribution >= 4 is 11.6 Å². The van der Waals surface area contributed by atoms with Crippen LogP contribution in [0.25, 0.3) is 0 Å². The quantitative estimate of drug-likeness (QED) is 0.386. The number of nitrogens with one attached hydrogen (secondary N) is 2. The molecular weight excluding hydrogens is 214 g/mol. The van der Waals surface area contributed by atoms with E-state index >= 15 is 0 Å². The molecule has 0 radical (unpaired) electrons. The number of carbonyl (C=O) groups excluding carboxylic acids is 1. The van der Waals surface area contributed by atoms with Crippen molar-refractivity contribution in [1.29, 1.82) is 0 Å². The van der Waals surface area contributed by atoms with Gasteiger partial charge < -0.3 is 10.7 Å². The van der Waals surface area contributed by atoms with Crippen LogP contribution in [-0.2, 0) is 0 Å². The van der Waals surface area contributed by atoms with Gasteiger partial charge in [-0.05, 0) is 30.7 Å². The van der Waals surface area contributed by atoms with E-state index in [0.29, 0.717) is 5.56 Å². The minimum atomic E-state index is -0.0231. The van der Waals surface area contributed by atoms with E-state index < -0.39 is 0 Å². The van der Waals surface area contributed by atoms with Gasteiger partial charge in [-0.1, -0.05) is 26.2 Å². The fraction of sp³-hybridized carbons (Fsp3) is 0.462. The predicted molar refractivity (Wildman–Crippen MR) is 70.7 cm³/mol. The summed E-state index contributed by atoms with van der Waals surface area (Å²) in [5.41, 5.74) is 3.99. The Morgan fingerprint density at radius 1 is 1.18 bits per heavy atom. The molecule has 0 fully saturated rings. The first kappa shape index (κ1) is 13.5. The highest BCUT2D eigenvalue weighted by molar-refractivity contribution is 5.94. The second kappa shape index (κ2) is 7.68. The number of nitrogen functional groups attached to an aromatic ring is 1. The summed E-state index contributed by atoms with van der Waals surface area (Å²) in [6, 6.07) is 7.09. The molecule has 0 bridgehead atoms. The molecule has 4 nitrogen and oxygen atoms in total. The molecule has 1 aromatic carbocycles. The molecule has 0 saturated carbocycles. The van der Waals surface area contributed by atoms with Crippen LogP contribution < -0.4 is 16.6 Å². The van der Waals surface area contributed by atoms with Crippen LogP contribution in [0.3, 0.4) is 0 Å². The van der Waals surface area contributed by atoms with Crippen LogP contribution in [0.5, 0.6) is 0 Å². The normalized spacial score (nSPS) is 10.0. The number of benzene rings is 1. The lowest BCUT2D eigenvalue weighted by atomic mass is 10.2. The summed E-state index contributed by atoms with van der Waals surface area (Å²) >= 11 is 0. The molecule has 1 rings (SSSR count). The van der Waals surface area contributed by atoms with Gasteiger partial charge in [0.25, 0.3) is 5.91 Å². The van der Waals surface area contributed by atoms with Crippen LogP contribution >= 0.6 is 0 Å². The Balaban J connectivity index is 2.31. The molecule has 0 unspecified atom stereocenters. The molecule has 1 amide bonds. The van der Waals surface area contributed by atoms with E-state index in [9.17, 15) is 4.79 Å². The van der Waals surface area contributed by atoms with Crippen molar-refractivity contribution in [2.45, 2.75) is 32.6 Å². The number of unbranched alkanes of at least 4 members (excludes halogenated alkanes) is 3. The monoisotopic (exact) mass is 235 g/mol. The molecule has 1 aromatic rings. The maximum absolute atomic E-state index is 11.7. The van der Waals surface area contributed by atoms with Crippen LogP contribution in [-0.4, -0.2) is 12.5 Å². The molecule has 0 saturated heterocycles. The number of hydrogen-bond acceptors (Lipinski definition) is 3. The minimum absolute atomic E-state index is 0.0231. The summed E-state index contributed by atoms with van der Waals surface area (Å²) in [6.45, 7) is 2.92. The Bertz CT molecular complexity index is 335. The number of carbonyl (C=O) groups is 1. The van der Waals surface area contributed by atoms with Crippen molar-refractivity contribution < 1.29 is 4.79 Å². The number of hydrogen-bond donors (Lipinski definition) is 3. The van der Waals surface area contributed by atoms with Crippen LogP contribution in [0, 0.1) is 0 Å². The molecule has 0 heterocycles. The number of rotatable bonds is 7. The van der Waals surface area contributed by atoms with E-state index in [-0.39, 0.29) is 5.91 Å². The second-order valence-corrected chi connectivity index (χ2v) is 4.04. The fourth-order valence-electron chi connectivity index (χ4n) is 1.57. The third-order valence-electron chi connectivity index (χ3n) is 2.63. The van der Waals surface area contributed by atoms with Crippen molar-refractivity contribution in [3.63, 3.8) is 0 Å². The SMILES string of the molecule is CCCCCCNC(=O)c1ccc(NN)cc1. The van der Waals surface area contributed by atoms with E-state index in [0.717, 1.165) is 18.7 Å². The van der Waals surface area contributed by atoms with Crippen molar-refractivity contribution in [1.82, 2.24) is 5.32 Å². The number of anilines is 1. The Kier molecular flexibility index (Phi) is 6.10. The van der Waals surface area contributed by atoms with Crippen molar-refractivity contribution in [2.24, 2.45) is 5.84 Å². The highest BCUT2D eigenvalue weighted by Crippen LogP contribution is 2.07. The lowest BCUT2D eigenvalue weighted by Crippen LogP contribution is -2.24. The molecule has 4 heteroatoms. The van der Waals surface area contributed by atoms with E-state index in [4.69, 9.17) is 5.84 Å². The van der Waals surface area contributed by atoms with Gasteiger partial charge >= 0.3 is 0 Å². The standard InChI is InChI=1S/C13H21N3O/c1-2-3-4-5-10-15-13(17)11-6-8-12(16-14)9-7-11/h6-9,16H,2-5,10,14H2,1H3,(H,15,17). The molecule has 0 aliphatic rings. The van der Waals surface area contributed by atoms with Gasteiger partial charge in [-0.2, -0.15) is 0 Å². The van der Waals surface area contributed by atoms with Crippen LogP contribution in [0.4, 0.5) is 5.69 Å². The predicted octanol–water partition coefficient (Wildman–Crippen LogP) is 2.28. The molecule has 0 atom stereocenters. The first-order valence-electron chi connectivity index (χ1n) is 6.12. The van der Waals surface area contributed by atoms with Crippen LogP contribution in [0.15, 0.2) is 24.3 Å². The zero-order valence-electron chi connectivity index (χ0n) is 10.3. The second-order valence-electron chi connectivity index (χ2n) is 4.04. The first-order chi connectivity index (χ1) is 8.27. The van der Waals surface area contributed by atoms with Crippen LogP contribution in [0.2, 0.25) is 0 Å². The smallest absolute Gasteiger partial charge is 0.251 e. The van der Waals surface area contributed by atoms with Gasteiger partial charge in [0, 0.05) is 17.8 Å². The summed E-state index contributed by atoms with van der Waals surface area (Å²) in [5.74, 6) is 5.23. The largest absolute Gasteiger partial charge is 0.352 e. The first-order valence-corrected chi connectivity index (χ1v) is 6.12. The molecule has 17 heavy (non-hydrogen) atoms. The lowest BCUT2D eigenvalue weighted by Gasteiger charge is -2.05. The van der Waals surface area contributed by atoms with E-state index in [1.54, 1.807) is 24.3 Å². The zero-order valence-corrected chi connectivity index (χ0v) is 10.3. The highest BCUT2D eigenvalue weighted by atomic mass is 16.1. The molecule has 0 aliphatic heterocycles. The molecule has 94 valence electrons. The number of hydrazine groups is 1. The number of nitrogens with two attached hydrogens (primary N) is 1. The number of amides is 1. The average molecular weight is 235 g/mol. The van der Waals surface area contributed by atoms with E-state index in [1.807, 2.05) is 0 Å². The maximum atomic E-state index is 11.7. The maximum Gasteiger partial charge on any atom is 0.251 e. The van der Waals surface area contributed by atoms with Gasteiger partial charge in [0.05, 0.1) is 0 Å². The van der Waals surface area contributed by atoms with Gasteiger partial charge in [-0.25, -0.2) is 0 Å². The third kappa shape index (κ3) is 4.87. The van der Waals surface area contributed by atoms with Gasteiger partial charge in [0.1, 0.15) is 0 Å². The molecular formula is C13H21N3O. The minimum Gasteiger partial charge on any atom is -0.352 e. The van der Waals surface area contributed by atoms with Crippen molar-refractivity contribution in [3.05, 3.63) is 29.8 Å². The van der Waals surface area contributed by atoms with Gasteiger partial charge in [-0.3, -0.25) is 10.6 Å². The molecule has 4 N–H and O–H groups in total. The molecule has 0 spiro atoms. The summed E-state index contributed by atoms with van der Waals surface area (Å²) in [7, 11) is 0. The van der Waals surface area contributed by atoms with Gasteiger partial charge in [0.2, 0.25) is 0 Å². The summed E-state index contributed by atoms with van der Waals surface area (Å²) in [6.07, 6.45) is 4.66. The Hall–Kier alpha value is -1.55. The van der Waals surface area contributed by atoms with E-state index in [2.05, 4.69) is 17.7 Å². The third-order valence-corrected chi connectivity index (χ3v) is 2.63. The highest BCUT2D eigenvalue weighted by Gasteiger charge is 2.03. The Labute approximate surface area is 103 Å². The summed E-state index contributed by atoms with van der Waals surface area (Å²) in [5, 5.41) is 2.90. The molecule has 0 aliphatic carbocycles. The summed E-state index contributed by atoms with van der Waals surface area (Å²) in [4.78, 5) is 11.7. The topological polar surface area (TPSA) is 67.2 Å². The Morgan fingerprint density at radius 3 is 2.47 bits per heavy atom. The van der Waals surface area contributed by atoms with E-state index in [1.165, 1.54) is 19.3 Å². The van der Waals surface area contributed by atoms with Crippen molar-refractivity contribution in [3.8, 4) is 0 Å². The van der Waals surface area contributed by atoms with Gasteiger partial charge in [-0.15, -0.1) is 0 Å². The molecule has 0 aromatic heterocycles.